The molecule has 2 aromatic carbocycles. The van der Waals surface area contributed by atoms with Gasteiger partial charge in [0, 0.05) is 9.26 Å². The smallest absolute Gasteiger partial charge is 0.337 e. The maximum Gasteiger partial charge on any atom is 0.337 e. The molecule has 0 aliphatic carbocycles. The number of hydrogen-bond acceptors (Lipinski definition) is 6. The van der Waals surface area contributed by atoms with Crippen LogP contribution in [-0.4, -0.2) is 35.8 Å². The minimum atomic E-state index is -0.427. The number of hydrogen-bond donors (Lipinski definition) is 1. The SMILES string of the molecule is COC(=O)c1ccc(/C=C2/SC(=O)N(CNc3ccc(I)cc3)C2=O)cc1. The maximum atomic E-state index is 12.5. The van der Waals surface area contributed by atoms with Gasteiger partial charge >= 0.3 is 5.97 Å². The van der Waals surface area contributed by atoms with E-state index in [0.29, 0.717) is 10.5 Å². The number of esters is 1. The molecule has 1 N–H and O–H groups in total. The number of nitrogens with zero attached hydrogens (tertiary/aromatic N) is 1. The highest BCUT2D eigenvalue weighted by Gasteiger charge is 2.34. The number of nitrogens with one attached hydrogen (secondary N) is 1. The van der Waals surface area contributed by atoms with Gasteiger partial charge in [0.05, 0.1) is 24.2 Å². The number of carbonyl (C=O) groups is 3. The van der Waals surface area contributed by atoms with Crippen LogP contribution in [0.15, 0.2) is 53.4 Å². The van der Waals surface area contributed by atoms with Gasteiger partial charge in [-0.3, -0.25) is 14.5 Å². The Morgan fingerprint density at radius 2 is 1.81 bits per heavy atom. The molecule has 1 fully saturated rings. The number of rotatable bonds is 5. The van der Waals surface area contributed by atoms with Crippen molar-refractivity contribution in [2.75, 3.05) is 19.1 Å². The van der Waals surface area contributed by atoms with Gasteiger partial charge in [0.15, 0.2) is 0 Å². The van der Waals surface area contributed by atoms with E-state index in [2.05, 4.69) is 32.6 Å². The number of imide groups is 1. The van der Waals surface area contributed by atoms with Gasteiger partial charge in [-0.25, -0.2) is 4.79 Å². The first kappa shape index (κ1) is 19.4. The summed E-state index contributed by atoms with van der Waals surface area (Å²) in [5, 5.41) is 2.75. The van der Waals surface area contributed by atoms with E-state index in [4.69, 9.17) is 0 Å². The number of carbonyl (C=O) groups excluding carboxylic acids is 3. The van der Waals surface area contributed by atoms with Crippen LogP contribution in [0, 0.1) is 3.57 Å². The van der Waals surface area contributed by atoms with Crippen LogP contribution in [0.4, 0.5) is 10.5 Å². The van der Waals surface area contributed by atoms with Crippen molar-refractivity contribution in [3.8, 4) is 0 Å². The summed E-state index contributed by atoms with van der Waals surface area (Å²) in [6.07, 6.45) is 1.64. The topological polar surface area (TPSA) is 75.7 Å². The second-order valence-electron chi connectivity index (χ2n) is 5.57. The third-order valence-corrected chi connectivity index (χ3v) is 5.42. The van der Waals surface area contributed by atoms with Crippen LogP contribution in [0.1, 0.15) is 15.9 Å². The van der Waals surface area contributed by atoms with Gasteiger partial charge in [0.25, 0.3) is 11.1 Å². The largest absolute Gasteiger partial charge is 0.465 e. The minimum absolute atomic E-state index is 0.101. The average molecular weight is 494 g/mol. The van der Waals surface area contributed by atoms with Crippen LogP contribution in [0.25, 0.3) is 6.08 Å². The first-order valence-corrected chi connectivity index (χ1v) is 9.80. The third-order valence-electron chi connectivity index (χ3n) is 3.79. The van der Waals surface area contributed by atoms with Gasteiger partial charge < -0.3 is 10.1 Å². The van der Waals surface area contributed by atoms with Crippen molar-refractivity contribution in [2.24, 2.45) is 0 Å². The number of methoxy groups -OCH3 is 1. The fraction of sp³-hybridized carbons (Fsp3) is 0.105. The zero-order valence-electron chi connectivity index (χ0n) is 14.3. The fourth-order valence-corrected chi connectivity index (χ4v) is 3.56. The Balaban J connectivity index is 1.68. The standard InChI is InChI=1S/C19H15IN2O4S/c1-26-18(24)13-4-2-12(3-5-13)10-16-17(23)22(19(25)27-16)11-21-15-8-6-14(20)7-9-15/h2-10,21H,11H2,1H3/b16-10+. The van der Waals surface area contributed by atoms with Gasteiger partial charge in [0.1, 0.15) is 0 Å². The Labute approximate surface area is 174 Å². The van der Waals surface area contributed by atoms with Crippen LogP contribution < -0.4 is 5.32 Å². The Kier molecular flexibility index (Phi) is 6.17. The number of halogens is 1. The molecule has 1 aliphatic heterocycles. The normalized spacial score (nSPS) is 15.3. The predicted octanol–water partition coefficient (Wildman–Crippen LogP) is 4.18. The molecule has 1 heterocycles. The summed E-state index contributed by atoms with van der Waals surface area (Å²) in [6.45, 7) is 0.101. The molecule has 0 radical (unpaired) electrons. The first-order chi connectivity index (χ1) is 13.0. The second kappa shape index (κ2) is 8.57. The Morgan fingerprint density at radius 3 is 2.44 bits per heavy atom. The van der Waals surface area contributed by atoms with Crippen molar-refractivity contribution >= 4 is 63.2 Å². The molecule has 6 nitrogen and oxygen atoms in total. The van der Waals surface area contributed by atoms with E-state index in [0.717, 1.165) is 31.5 Å². The minimum Gasteiger partial charge on any atom is -0.465 e. The summed E-state index contributed by atoms with van der Waals surface area (Å²) in [4.78, 5) is 37.7. The predicted molar refractivity (Wildman–Crippen MR) is 113 cm³/mol. The number of benzene rings is 2. The van der Waals surface area contributed by atoms with Crippen LogP contribution in [-0.2, 0) is 9.53 Å². The molecule has 0 bridgehead atoms. The lowest BCUT2D eigenvalue weighted by molar-refractivity contribution is -0.122. The van der Waals surface area contributed by atoms with E-state index < -0.39 is 5.97 Å². The van der Waals surface area contributed by atoms with E-state index in [1.54, 1.807) is 30.3 Å². The van der Waals surface area contributed by atoms with Gasteiger partial charge in [-0.2, -0.15) is 0 Å². The molecule has 8 heteroatoms. The number of ether oxygens (including phenoxy) is 1. The van der Waals surface area contributed by atoms with Gasteiger partial charge in [-0.05, 0) is 82.4 Å². The molecule has 2 amide bonds. The van der Waals surface area contributed by atoms with Gasteiger partial charge in [-0.1, -0.05) is 12.1 Å². The number of amides is 2. The monoisotopic (exact) mass is 494 g/mol. The summed E-state index contributed by atoms with van der Waals surface area (Å²) >= 11 is 3.10. The van der Waals surface area contributed by atoms with E-state index >= 15 is 0 Å². The molecule has 0 saturated carbocycles. The van der Waals surface area contributed by atoms with E-state index in [9.17, 15) is 14.4 Å². The molecule has 27 heavy (non-hydrogen) atoms. The lowest BCUT2D eigenvalue weighted by Gasteiger charge is -2.14. The zero-order chi connectivity index (χ0) is 19.4. The van der Waals surface area contributed by atoms with Crippen molar-refractivity contribution < 1.29 is 19.1 Å². The third kappa shape index (κ3) is 4.69. The Bertz CT molecular complexity index is 910. The number of thioether (sulfide) groups is 1. The van der Waals surface area contributed by atoms with Crippen molar-refractivity contribution in [1.29, 1.82) is 0 Å². The maximum absolute atomic E-state index is 12.5. The summed E-state index contributed by atoms with van der Waals surface area (Å²) in [5.74, 6) is -0.774. The van der Waals surface area contributed by atoms with Crippen molar-refractivity contribution in [3.05, 3.63) is 68.1 Å². The van der Waals surface area contributed by atoms with E-state index in [1.807, 2.05) is 24.3 Å². The van der Waals surface area contributed by atoms with Crippen LogP contribution >= 0.6 is 34.4 Å². The highest BCUT2D eigenvalue weighted by molar-refractivity contribution is 14.1. The Hall–Kier alpha value is -2.33. The van der Waals surface area contributed by atoms with Gasteiger partial charge in [-0.15, -0.1) is 0 Å². The molecule has 3 rings (SSSR count). The van der Waals surface area contributed by atoms with Gasteiger partial charge in [0.2, 0.25) is 0 Å². The summed E-state index contributed by atoms with van der Waals surface area (Å²) in [5.41, 5.74) is 1.97. The van der Waals surface area contributed by atoms with Crippen molar-refractivity contribution in [1.82, 2.24) is 4.90 Å². The Morgan fingerprint density at radius 1 is 1.15 bits per heavy atom. The molecule has 0 atom stereocenters. The molecule has 1 aliphatic rings. The molecular weight excluding hydrogens is 479 g/mol. The molecule has 0 spiro atoms. The van der Waals surface area contributed by atoms with Crippen LogP contribution in [0.2, 0.25) is 0 Å². The summed E-state index contributed by atoms with van der Waals surface area (Å²) < 4.78 is 5.76. The van der Waals surface area contributed by atoms with Crippen LogP contribution in [0.3, 0.4) is 0 Å². The number of anilines is 1. The average Bonchev–Trinajstić information content (AvgIpc) is 2.94. The zero-order valence-corrected chi connectivity index (χ0v) is 17.2. The first-order valence-electron chi connectivity index (χ1n) is 7.91. The van der Waals surface area contributed by atoms with E-state index in [1.165, 1.54) is 7.11 Å². The quantitative estimate of drug-likeness (QED) is 0.382. The van der Waals surface area contributed by atoms with Crippen LogP contribution in [0.5, 0.6) is 0 Å². The molecule has 1 saturated heterocycles. The lowest BCUT2D eigenvalue weighted by atomic mass is 10.1. The second-order valence-corrected chi connectivity index (χ2v) is 7.80. The molecular formula is C19H15IN2O4S. The van der Waals surface area contributed by atoms with Crippen molar-refractivity contribution in [2.45, 2.75) is 0 Å². The lowest BCUT2D eigenvalue weighted by Crippen LogP contribution is -2.33. The molecule has 138 valence electrons. The molecule has 0 unspecified atom stereocenters. The highest BCUT2D eigenvalue weighted by atomic mass is 127. The summed E-state index contributed by atoms with van der Waals surface area (Å²) in [7, 11) is 1.32. The molecule has 2 aromatic rings. The fourth-order valence-electron chi connectivity index (χ4n) is 2.36. The van der Waals surface area contributed by atoms with E-state index in [-0.39, 0.29) is 17.8 Å². The summed E-state index contributed by atoms with van der Waals surface area (Å²) in [6, 6.07) is 14.3. The van der Waals surface area contributed by atoms with Crippen molar-refractivity contribution in [3.63, 3.8) is 0 Å². The molecule has 0 aromatic heterocycles. The highest BCUT2D eigenvalue weighted by Crippen LogP contribution is 2.32.